The number of carbonyl (C=O) groups excluding carboxylic acids is 1. The topological polar surface area (TPSA) is 42.4 Å². The second kappa shape index (κ2) is 6.60. The molecule has 0 fully saturated rings. The van der Waals surface area contributed by atoms with Crippen LogP contribution in [0.1, 0.15) is 30.4 Å². The van der Waals surface area contributed by atoms with Crippen molar-refractivity contribution in [3.8, 4) is 0 Å². The number of ether oxygens (including phenoxy) is 1. The second-order valence-electron chi connectivity index (χ2n) is 3.34. The van der Waals surface area contributed by atoms with Crippen LogP contribution in [0.4, 0.5) is 5.13 Å². The van der Waals surface area contributed by atoms with Crippen molar-refractivity contribution < 1.29 is 9.53 Å². The number of hydrogen-bond donors (Lipinski definition) is 0. The van der Waals surface area contributed by atoms with Crippen LogP contribution in [0.3, 0.4) is 0 Å². The van der Waals surface area contributed by atoms with E-state index >= 15 is 0 Å². The summed E-state index contributed by atoms with van der Waals surface area (Å²) >= 11 is 1.44. The molecule has 1 heterocycles. The van der Waals surface area contributed by atoms with E-state index in [1.165, 1.54) is 11.3 Å². The normalized spacial score (nSPS) is 10.4. The van der Waals surface area contributed by atoms with Gasteiger partial charge in [0.15, 0.2) is 10.9 Å². The van der Waals surface area contributed by atoms with Gasteiger partial charge in [-0.3, -0.25) is 4.79 Å². The van der Waals surface area contributed by atoms with Crippen molar-refractivity contribution in [3.63, 3.8) is 0 Å². The van der Waals surface area contributed by atoms with Crippen LogP contribution in [-0.4, -0.2) is 37.1 Å². The smallest absolute Gasteiger partial charge is 0.186 e. The van der Waals surface area contributed by atoms with Gasteiger partial charge in [-0.15, -0.1) is 0 Å². The number of carbonyl (C=O) groups is 1. The fourth-order valence-electron chi connectivity index (χ4n) is 1.28. The van der Waals surface area contributed by atoms with E-state index in [4.69, 9.17) is 4.74 Å². The van der Waals surface area contributed by atoms with Crippen LogP contribution >= 0.6 is 11.3 Å². The summed E-state index contributed by atoms with van der Waals surface area (Å²) in [6, 6.07) is 0. The third-order valence-electron chi connectivity index (χ3n) is 2.20. The molecule has 1 rings (SSSR count). The van der Waals surface area contributed by atoms with Gasteiger partial charge in [0, 0.05) is 26.6 Å². The Morgan fingerprint density at radius 2 is 2.31 bits per heavy atom. The van der Waals surface area contributed by atoms with Gasteiger partial charge in [0.25, 0.3) is 0 Å². The minimum Gasteiger partial charge on any atom is -0.380 e. The molecule has 5 heteroatoms. The lowest BCUT2D eigenvalue weighted by molar-refractivity contribution is 0.102. The van der Waals surface area contributed by atoms with Gasteiger partial charge in [-0.25, -0.2) is 4.98 Å². The van der Waals surface area contributed by atoms with Crippen molar-refractivity contribution in [1.82, 2.24) is 4.98 Å². The van der Waals surface area contributed by atoms with Gasteiger partial charge in [0.1, 0.15) is 0 Å². The Balaban J connectivity index is 2.60. The second-order valence-corrected chi connectivity index (χ2v) is 4.35. The molecular formula is C11H18N2O2S. The highest BCUT2D eigenvalue weighted by molar-refractivity contribution is 7.17. The van der Waals surface area contributed by atoms with Crippen LogP contribution < -0.4 is 4.90 Å². The highest BCUT2D eigenvalue weighted by atomic mass is 32.1. The molecule has 0 bridgehead atoms. The quantitative estimate of drug-likeness (QED) is 0.543. The zero-order valence-electron chi connectivity index (χ0n) is 10.0. The van der Waals surface area contributed by atoms with E-state index in [1.807, 2.05) is 6.92 Å². The molecule has 16 heavy (non-hydrogen) atoms. The Morgan fingerprint density at radius 1 is 1.56 bits per heavy atom. The average Bonchev–Trinajstić information content (AvgIpc) is 2.74. The summed E-state index contributed by atoms with van der Waals surface area (Å²) in [5.41, 5.74) is 0. The zero-order chi connectivity index (χ0) is 12.0. The van der Waals surface area contributed by atoms with Crippen LogP contribution in [0.25, 0.3) is 0 Å². The molecule has 90 valence electrons. The van der Waals surface area contributed by atoms with Gasteiger partial charge in [0.05, 0.1) is 17.7 Å². The number of thiazole rings is 1. The predicted octanol–water partition coefficient (Wildman–Crippen LogP) is 2.21. The van der Waals surface area contributed by atoms with Crippen molar-refractivity contribution in [2.75, 3.05) is 31.2 Å². The highest BCUT2D eigenvalue weighted by Crippen LogP contribution is 2.22. The minimum atomic E-state index is 0.0737. The monoisotopic (exact) mass is 242 g/mol. The third-order valence-corrected chi connectivity index (χ3v) is 3.36. The number of anilines is 1. The summed E-state index contributed by atoms with van der Waals surface area (Å²) in [6.07, 6.45) is 1.64. The number of hydrogen-bond acceptors (Lipinski definition) is 5. The first-order valence-electron chi connectivity index (χ1n) is 5.48. The molecule has 1 aromatic rings. The van der Waals surface area contributed by atoms with Gasteiger partial charge in [0.2, 0.25) is 0 Å². The van der Waals surface area contributed by atoms with Gasteiger partial charge < -0.3 is 9.64 Å². The SMILES string of the molecule is CCOCCN(CC)c1ncc(C(C)=O)s1. The maximum absolute atomic E-state index is 11.2. The molecule has 0 unspecified atom stereocenters. The van der Waals surface area contributed by atoms with E-state index in [0.717, 1.165) is 24.8 Å². The summed E-state index contributed by atoms with van der Waals surface area (Å²) in [7, 11) is 0. The predicted molar refractivity (Wildman–Crippen MR) is 66.5 cm³/mol. The van der Waals surface area contributed by atoms with E-state index in [1.54, 1.807) is 13.1 Å². The van der Waals surface area contributed by atoms with Gasteiger partial charge in [-0.05, 0) is 13.8 Å². The highest BCUT2D eigenvalue weighted by Gasteiger charge is 2.11. The van der Waals surface area contributed by atoms with Crippen LogP contribution in [0, 0.1) is 0 Å². The van der Waals surface area contributed by atoms with Crippen molar-refractivity contribution >= 4 is 22.3 Å². The summed E-state index contributed by atoms with van der Waals surface area (Å²) in [6.45, 7) is 8.72. The Labute approximate surface area is 100 Å². The lowest BCUT2D eigenvalue weighted by Gasteiger charge is -2.19. The van der Waals surface area contributed by atoms with Gasteiger partial charge in [-0.1, -0.05) is 11.3 Å². The molecule has 0 radical (unpaired) electrons. The first-order valence-corrected chi connectivity index (χ1v) is 6.30. The van der Waals surface area contributed by atoms with Crippen molar-refractivity contribution in [3.05, 3.63) is 11.1 Å². The van der Waals surface area contributed by atoms with Gasteiger partial charge >= 0.3 is 0 Å². The molecule has 0 amide bonds. The molecule has 0 aliphatic heterocycles. The van der Waals surface area contributed by atoms with Crippen molar-refractivity contribution in [1.29, 1.82) is 0 Å². The molecule has 0 saturated carbocycles. The number of nitrogens with zero attached hydrogens (tertiary/aromatic N) is 2. The average molecular weight is 242 g/mol. The fraction of sp³-hybridized carbons (Fsp3) is 0.636. The molecule has 0 spiro atoms. The van der Waals surface area contributed by atoms with E-state index in [0.29, 0.717) is 11.5 Å². The lowest BCUT2D eigenvalue weighted by atomic mass is 10.4. The van der Waals surface area contributed by atoms with E-state index < -0.39 is 0 Å². The number of Topliss-reactive ketones (excluding diaryl/α,β-unsaturated/α-hetero) is 1. The van der Waals surface area contributed by atoms with Gasteiger partial charge in [-0.2, -0.15) is 0 Å². The fourth-order valence-corrected chi connectivity index (χ4v) is 2.18. The largest absolute Gasteiger partial charge is 0.380 e. The van der Waals surface area contributed by atoms with Crippen molar-refractivity contribution in [2.45, 2.75) is 20.8 Å². The zero-order valence-corrected chi connectivity index (χ0v) is 10.8. The minimum absolute atomic E-state index is 0.0737. The van der Waals surface area contributed by atoms with E-state index in [9.17, 15) is 4.79 Å². The Bertz CT molecular complexity index is 338. The molecular weight excluding hydrogens is 224 g/mol. The number of aromatic nitrogens is 1. The molecule has 0 aliphatic rings. The molecule has 0 saturated heterocycles. The van der Waals surface area contributed by atoms with E-state index in [2.05, 4.69) is 16.8 Å². The number of likely N-dealkylation sites (N-methyl/N-ethyl adjacent to an activating group) is 1. The van der Waals surface area contributed by atoms with Crippen LogP contribution in [-0.2, 0) is 4.74 Å². The van der Waals surface area contributed by atoms with Crippen molar-refractivity contribution in [2.24, 2.45) is 0 Å². The first kappa shape index (κ1) is 13.1. The Morgan fingerprint density at radius 3 is 2.81 bits per heavy atom. The molecule has 1 aromatic heterocycles. The molecule has 0 aliphatic carbocycles. The number of ketones is 1. The van der Waals surface area contributed by atoms with Crippen LogP contribution in [0.2, 0.25) is 0 Å². The van der Waals surface area contributed by atoms with E-state index in [-0.39, 0.29) is 5.78 Å². The molecule has 0 atom stereocenters. The maximum Gasteiger partial charge on any atom is 0.186 e. The maximum atomic E-state index is 11.2. The molecule has 4 nitrogen and oxygen atoms in total. The first-order chi connectivity index (χ1) is 7.69. The standard InChI is InChI=1S/C11H18N2O2S/c1-4-13(6-7-15-5-2)11-12-8-10(16-11)9(3)14/h8H,4-7H2,1-3H3. The molecule has 0 aromatic carbocycles. The third kappa shape index (κ3) is 3.57. The molecule has 0 N–H and O–H groups in total. The summed E-state index contributed by atoms with van der Waals surface area (Å²) in [5.74, 6) is 0.0737. The van der Waals surface area contributed by atoms with Crippen LogP contribution in [0.15, 0.2) is 6.20 Å². The summed E-state index contributed by atoms with van der Waals surface area (Å²) in [5, 5.41) is 0.896. The summed E-state index contributed by atoms with van der Waals surface area (Å²) < 4.78 is 5.31. The number of rotatable bonds is 7. The summed E-state index contributed by atoms with van der Waals surface area (Å²) in [4.78, 5) is 18.2. The van der Waals surface area contributed by atoms with Crippen LogP contribution in [0.5, 0.6) is 0 Å². The Hall–Kier alpha value is -0.940. The lowest BCUT2D eigenvalue weighted by Crippen LogP contribution is -2.26. The Kier molecular flexibility index (Phi) is 5.42.